The Morgan fingerprint density at radius 2 is 1.80 bits per heavy atom. The zero-order valence-corrected chi connectivity index (χ0v) is 12.9. The van der Waals surface area contributed by atoms with E-state index < -0.39 is 12.1 Å². The summed E-state index contributed by atoms with van der Waals surface area (Å²) in [5, 5.41) is 10.9. The molecule has 0 aliphatic carbocycles. The standard InChI is InChI=1S/C16H18ClNO.ClH/c1-11-7-8-13(10-14(11)17)16(18)15(19)9-12-5-3-2-4-6-12;/h2-8,10,15-16,19H,9,18H2,1H3;1H/t15-,16+;/m0./s1. The zero-order chi connectivity index (χ0) is 13.8. The van der Waals surface area contributed by atoms with Crippen molar-refractivity contribution < 1.29 is 5.11 Å². The van der Waals surface area contributed by atoms with E-state index in [0.717, 1.165) is 16.7 Å². The Kier molecular flexibility index (Phi) is 6.50. The van der Waals surface area contributed by atoms with Crippen LogP contribution in [0.15, 0.2) is 48.5 Å². The van der Waals surface area contributed by atoms with Gasteiger partial charge in [0.2, 0.25) is 0 Å². The van der Waals surface area contributed by atoms with Crippen molar-refractivity contribution in [2.75, 3.05) is 0 Å². The van der Waals surface area contributed by atoms with E-state index in [4.69, 9.17) is 17.3 Å². The van der Waals surface area contributed by atoms with Gasteiger partial charge in [-0.3, -0.25) is 0 Å². The van der Waals surface area contributed by atoms with Gasteiger partial charge in [0.15, 0.2) is 0 Å². The van der Waals surface area contributed by atoms with Crippen molar-refractivity contribution in [3.8, 4) is 0 Å². The van der Waals surface area contributed by atoms with Crippen molar-refractivity contribution in [1.82, 2.24) is 0 Å². The normalized spacial score (nSPS) is 13.4. The SMILES string of the molecule is Cc1ccc([C@@H](N)[C@@H](O)Cc2ccccc2)cc1Cl.Cl. The van der Waals surface area contributed by atoms with Crippen LogP contribution in [0.25, 0.3) is 0 Å². The van der Waals surface area contributed by atoms with E-state index in [-0.39, 0.29) is 12.4 Å². The first-order chi connectivity index (χ1) is 9.08. The summed E-state index contributed by atoms with van der Waals surface area (Å²) in [4.78, 5) is 0. The van der Waals surface area contributed by atoms with Crippen molar-refractivity contribution in [2.45, 2.75) is 25.5 Å². The molecule has 0 aromatic heterocycles. The monoisotopic (exact) mass is 311 g/mol. The number of halogens is 2. The van der Waals surface area contributed by atoms with Crippen molar-refractivity contribution in [3.63, 3.8) is 0 Å². The molecule has 0 heterocycles. The first-order valence-electron chi connectivity index (χ1n) is 6.31. The van der Waals surface area contributed by atoms with Crippen LogP contribution in [0.1, 0.15) is 22.7 Å². The molecule has 20 heavy (non-hydrogen) atoms. The molecule has 0 radical (unpaired) electrons. The maximum absolute atomic E-state index is 10.2. The highest BCUT2D eigenvalue weighted by atomic mass is 35.5. The molecule has 2 aromatic carbocycles. The first kappa shape index (κ1) is 17.0. The summed E-state index contributed by atoms with van der Waals surface area (Å²) in [6, 6.07) is 15.1. The van der Waals surface area contributed by atoms with E-state index in [1.54, 1.807) is 0 Å². The highest BCUT2D eigenvalue weighted by Gasteiger charge is 2.17. The van der Waals surface area contributed by atoms with E-state index in [0.29, 0.717) is 11.4 Å². The summed E-state index contributed by atoms with van der Waals surface area (Å²) in [7, 11) is 0. The Hall–Kier alpha value is -1.06. The molecule has 2 rings (SSSR count). The van der Waals surface area contributed by atoms with Gasteiger partial charge in [-0.15, -0.1) is 12.4 Å². The van der Waals surface area contributed by atoms with Gasteiger partial charge in [-0.05, 0) is 29.7 Å². The summed E-state index contributed by atoms with van der Waals surface area (Å²) in [5.74, 6) is 0. The number of aryl methyl sites for hydroxylation is 1. The van der Waals surface area contributed by atoms with Crippen LogP contribution in [0.3, 0.4) is 0 Å². The maximum Gasteiger partial charge on any atom is 0.0773 e. The Morgan fingerprint density at radius 1 is 1.15 bits per heavy atom. The number of nitrogens with two attached hydrogens (primary N) is 1. The molecule has 2 nitrogen and oxygen atoms in total. The summed E-state index contributed by atoms with van der Waals surface area (Å²) < 4.78 is 0. The van der Waals surface area contributed by atoms with Crippen molar-refractivity contribution >= 4 is 24.0 Å². The highest BCUT2D eigenvalue weighted by molar-refractivity contribution is 6.31. The molecule has 2 aromatic rings. The number of hydrogen-bond donors (Lipinski definition) is 2. The lowest BCUT2D eigenvalue weighted by atomic mass is 9.96. The van der Waals surface area contributed by atoms with Gasteiger partial charge >= 0.3 is 0 Å². The molecule has 0 saturated carbocycles. The summed E-state index contributed by atoms with van der Waals surface area (Å²) in [6.07, 6.45) is -0.0887. The summed E-state index contributed by atoms with van der Waals surface area (Å²) in [5.41, 5.74) is 9.04. The third-order valence-corrected chi connectivity index (χ3v) is 3.69. The number of aliphatic hydroxyl groups excluding tert-OH is 1. The van der Waals surface area contributed by atoms with Gasteiger partial charge in [0.25, 0.3) is 0 Å². The van der Waals surface area contributed by atoms with Gasteiger partial charge in [0.1, 0.15) is 0 Å². The second kappa shape index (κ2) is 7.65. The molecule has 0 saturated heterocycles. The van der Waals surface area contributed by atoms with E-state index in [1.807, 2.05) is 55.5 Å². The largest absolute Gasteiger partial charge is 0.391 e. The Labute approximate surface area is 131 Å². The molecule has 0 aliphatic rings. The van der Waals surface area contributed by atoms with Gasteiger partial charge in [-0.25, -0.2) is 0 Å². The Bertz CT molecular complexity index is 545. The van der Waals surface area contributed by atoms with Gasteiger partial charge in [-0.1, -0.05) is 54.1 Å². The Morgan fingerprint density at radius 3 is 2.40 bits per heavy atom. The average molecular weight is 312 g/mol. The molecule has 4 heteroatoms. The molecular formula is C16H19Cl2NO. The first-order valence-corrected chi connectivity index (χ1v) is 6.69. The number of hydrogen-bond acceptors (Lipinski definition) is 2. The molecule has 108 valence electrons. The minimum Gasteiger partial charge on any atom is -0.391 e. The van der Waals surface area contributed by atoms with E-state index in [9.17, 15) is 5.11 Å². The van der Waals surface area contributed by atoms with E-state index in [1.165, 1.54) is 0 Å². The number of aliphatic hydroxyl groups is 1. The van der Waals surface area contributed by atoms with Crippen LogP contribution < -0.4 is 5.73 Å². The third kappa shape index (κ3) is 4.22. The van der Waals surface area contributed by atoms with Crippen molar-refractivity contribution in [3.05, 3.63) is 70.2 Å². The van der Waals surface area contributed by atoms with Crippen LogP contribution in [0, 0.1) is 6.92 Å². The minimum atomic E-state index is -0.624. The lowest BCUT2D eigenvalue weighted by Gasteiger charge is -2.20. The topological polar surface area (TPSA) is 46.2 Å². The molecule has 0 unspecified atom stereocenters. The smallest absolute Gasteiger partial charge is 0.0773 e. The second-order valence-corrected chi connectivity index (χ2v) is 5.20. The molecular weight excluding hydrogens is 293 g/mol. The van der Waals surface area contributed by atoms with Crippen LogP contribution in [0.2, 0.25) is 5.02 Å². The lowest BCUT2D eigenvalue weighted by molar-refractivity contribution is 0.145. The predicted octanol–water partition coefficient (Wildman–Crippen LogP) is 3.67. The van der Waals surface area contributed by atoms with Crippen LogP contribution in [0.4, 0.5) is 0 Å². The van der Waals surface area contributed by atoms with E-state index >= 15 is 0 Å². The second-order valence-electron chi connectivity index (χ2n) is 4.79. The van der Waals surface area contributed by atoms with Crippen molar-refractivity contribution in [1.29, 1.82) is 0 Å². The molecule has 0 fully saturated rings. The van der Waals surface area contributed by atoms with Crippen LogP contribution >= 0.6 is 24.0 Å². The number of rotatable bonds is 4. The quantitative estimate of drug-likeness (QED) is 0.905. The molecule has 0 spiro atoms. The molecule has 0 aliphatic heterocycles. The molecule has 0 bridgehead atoms. The fourth-order valence-electron chi connectivity index (χ4n) is 2.02. The molecule has 2 atom stereocenters. The fraction of sp³-hybridized carbons (Fsp3) is 0.250. The zero-order valence-electron chi connectivity index (χ0n) is 11.3. The summed E-state index contributed by atoms with van der Waals surface area (Å²) >= 11 is 6.09. The maximum atomic E-state index is 10.2. The minimum absolute atomic E-state index is 0. The fourth-order valence-corrected chi connectivity index (χ4v) is 2.21. The van der Waals surface area contributed by atoms with Gasteiger partial charge in [-0.2, -0.15) is 0 Å². The Balaban J connectivity index is 0.00000200. The average Bonchev–Trinajstić information content (AvgIpc) is 2.42. The summed E-state index contributed by atoms with van der Waals surface area (Å²) in [6.45, 7) is 1.94. The highest BCUT2D eigenvalue weighted by Crippen LogP contribution is 2.23. The van der Waals surface area contributed by atoms with Crippen molar-refractivity contribution in [2.24, 2.45) is 5.73 Å². The van der Waals surface area contributed by atoms with Gasteiger partial charge in [0.05, 0.1) is 12.1 Å². The predicted molar refractivity (Wildman–Crippen MR) is 86.5 cm³/mol. The van der Waals surface area contributed by atoms with E-state index in [2.05, 4.69) is 0 Å². The number of benzene rings is 2. The molecule has 0 amide bonds. The van der Waals surface area contributed by atoms with Crippen LogP contribution in [-0.4, -0.2) is 11.2 Å². The van der Waals surface area contributed by atoms with Gasteiger partial charge < -0.3 is 10.8 Å². The van der Waals surface area contributed by atoms with Gasteiger partial charge in [0, 0.05) is 11.4 Å². The van der Waals surface area contributed by atoms with Crippen LogP contribution in [0.5, 0.6) is 0 Å². The molecule has 3 N–H and O–H groups in total. The van der Waals surface area contributed by atoms with Crippen LogP contribution in [-0.2, 0) is 6.42 Å². The third-order valence-electron chi connectivity index (χ3n) is 3.28. The lowest BCUT2D eigenvalue weighted by Crippen LogP contribution is -2.28.